The maximum absolute atomic E-state index is 13.0. The first-order chi connectivity index (χ1) is 33.5. The van der Waals surface area contributed by atoms with Gasteiger partial charge in [0.15, 0.2) is 0 Å². The molecule has 0 radical (unpaired) electrons. The van der Waals surface area contributed by atoms with Crippen molar-refractivity contribution in [3.05, 3.63) is 36.5 Å². The molecule has 0 aromatic carbocycles. The van der Waals surface area contributed by atoms with Gasteiger partial charge >= 0.3 is 0 Å². The molecule has 0 rings (SSSR count). The lowest BCUT2D eigenvalue weighted by atomic mass is 10.0. The van der Waals surface area contributed by atoms with E-state index in [1.54, 1.807) is 6.08 Å². The van der Waals surface area contributed by atoms with Crippen LogP contribution in [-0.2, 0) is 18.4 Å². The number of phosphoric acid groups is 1. The number of likely N-dealkylation sites (N-methyl/N-ethyl adjacent to an activating group) is 1. The van der Waals surface area contributed by atoms with Crippen LogP contribution in [0.4, 0.5) is 0 Å². The molecule has 0 bridgehead atoms. The molecule has 1 amide bonds. The van der Waals surface area contributed by atoms with Crippen molar-refractivity contribution in [1.82, 2.24) is 5.32 Å². The highest BCUT2D eigenvalue weighted by Gasteiger charge is 2.23. The highest BCUT2D eigenvalue weighted by molar-refractivity contribution is 7.45. The van der Waals surface area contributed by atoms with Gasteiger partial charge in [-0.1, -0.05) is 275 Å². The van der Waals surface area contributed by atoms with Crippen molar-refractivity contribution in [1.29, 1.82) is 0 Å². The van der Waals surface area contributed by atoms with Gasteiger partial charge in [-0.15, -0.1) is 0 Å². The van der Waals surface area contributed by atoms with E-state index in [4.69, 9.17) is 9.05 Å². The predicted octanol–water partition coefficient (Wildman–Crippen LogP) is 17.5. The Morgan fingerprint density at radius 1 is 0.493 bits per heavy atom. The molecular weight excluding hydrogens is 876 g/mol. The van der Waals surface area contributed by atoms with E-state index >= 15 is 0 Å². The molecule has 0 saturated heterocycles. The second kappa shape index (κ2) is 51.6. The van der Waals surface area contributed by atoms with Crippen molar-refractivity contribution in [2.45, 2.75) is 302 Å². The summed E-state index contributed by atoms with van der Waals surface area (Å²) in [5, 5.41) is 13.9. The molecule has 0 heterocycles. The molecule has 0 aliphatic rings. The number of carbonyl (C=O) groups excluding carboxylic acids is 1. The molecule has 408 valence electrons. The first kappa shape index (κ1) is 67.7. The van der Waals surface area contributed by atoms with Crippen molar-refractivity contribution in [2.75, 3.05) is 40.9 Å². The van der Waals surface area contributed by atoms with Crippen LogP contribution >= 0.6 is 7.82 Å². The number of allylic oxidation sites excluding steroid dienone is 5. The largest absolute Gasteiger partial charge is 0.756 e. The molecule has 0 spiro atoms. The fourth-order valence-corrected chi connectivity index (χ4v) is 9.62. The number of hydrogen-bond donors (Lipinski definition) is 2. The van der Waals surface area contributed by atoms with Gasteiger partial charge < -0.3 is 28.8 Å². The summed E-state index contributed by atoms with van der Waals surface area (Å²) in [5.41, 5.74) is 0. The average molecular weight is 994 g/mol. The van der Waals surface area contributed by atoms with Crippen LogP contribution in [0, 0.1) is 0 Å². The minimum absolute atomic E-state index is 0.00734. The third-order valence-corrected chi connectivity index (χ3v) is 14.5. The van der Waals surface area contributed by atoms with E-state index in [2.05, 4.69) is 43.5 Å². The van der Waals surface area contributed by atoms with Crippen LogP contribution in [0.2, 0.25) is 0 Å². The lowest BCUT2D eigenvalue weighted by molar-refractivity contribution is -0.870. The minimum Gasteiger partial charge on any atom is -0.756 e. The summed E-state index contributed by atoms with van der Waals surface area (Å²) >= 11 is 0. The van der Waals surface area contributed by atoms with Crippen molar-refractivity contribution in [2.24, 2.45) is 0 Å². The van der Waals surface area contributed by atoms with Crippen LogP contribution in [0.3, 0.4) is 0 Å². The molecule has 0 aromatic heterocycles. The molecule has 0 aliphatic carbocycles. The number of hydrogen-bond acceptors (Lipinski definition) is 6. The SMILES string of the molecule is CCCCCCCCCCCC/C=C/CC/C=C/CC/C=C/C(O)C(COP(=O)([O-])OCC[N+](C)(C)C)NC(=O)CCCCCCCCCCCCCCCCCCCCCCCCCCCCC. The third kappa shape index (κ3) is 54.3. The average Bonchev–Trinajstić information content (AvgIpc) is 3.31. The summed E-state index contributed by atoms with van der Waals surface area (Å²) in [5.74, 6) is -0.206. The quantitative estimate of drug-likeness (QED) is 0.0272. The molecule has 69 heavy (non-hydrogen) atoms. The molecule has 3 atom stereocenters. The molecule has 3 unspecified atom stereocenters. The Kier molecular flexibility index (Phi) is 50.7. The lowest BCUT2D eigenvalue weighted by Crippen LogP contribution is -2.45. The van der Waals surface area contributed by atoms with E-state index in [0.29, 0.717) is 17.4 Å². The topological polar surface area (TPSA) is 108 Å². The van der Waals surface area contributed by atoms with Gasteiger partial charge in [0.2, 0.25) is 5.91 Å². The fraction of sp³-hybridized carbons (Fsp3) is 0.883. The van der Waals surface area contributed by atoms with Crippen molar-refractivity contribution in [3.63, 3.8) is 0 Å². The zero-order chi connectivity index (χ0) is 50.6. The van der Waals surface area contributed by atoms with E-state index in [0.717, 1.165) is 44.9 Å². The van der Waals surface area contributed by atoms with E-state index < -0.39 is 26.6 Å². The van der Waals surface area contributed by atoms with Crippen LogP contribution < -0.4 is 10.2 Å². The van der Waals surface area contributed by atoms with Crippen LogP contribution in [-0.4, -0.2) is 68.5 Å². The number of carbonyl (C=O) groups is 1. The van der Waals surface area contributed by atoms with Gasteiger partial charge in [-0.2, -0.15) is 0 Å². The highest BCUT2D eigenvalue weighted by atomic mass is 31.2. The van der Waals surface area contributed by atoms with Crippen LogP contribution in [0.1, 0.15) is 290 Å². The Bertz CT molecular complexity index is 1220. The molecule has 8 nitrogen and oxygen atoms in total. The summed E-state index contributed by atoms with van der Waals surface area (Å²) in [7, 11) is 1.25. The van der Waals surface area contributed by atoms with Gasteiger partial charge in [-0.25, -0.2) is 0 Å². The third-order valence-electron chi connectivity index (χ3n) is 13.6. The Labute approximate surface area is 429 Å². The molecule has 0 aromatic rings. The Balaban J connectivity index is 4.19. The molecular formula is C60H117N2O6P. The number of aliphatic hydroxyl groups excluding tert-OH is 1. The fourth-order valence-electron chi connectivity index (χ4n) is 8.89. The summed E-state index contributed by atoms with van der Waals surface area (Å²) in [6, 6.07) is -0.908. The van der Waals surface area contributed by atoms with Crippen molar-refractivity contribution in [3.8, 4) is 0 Å². The number of quaternary nitrogens is 1. The Morgan fingerprint density at radius 3 is 1.17 bits per heavy atom. The summed E-state index contributed by atoms with van der Waals surface area (Å²) in [4.78, 5) is 25.5. The highest BCUT2D eigenvalue weighted by Crippen LogP contribution is 2.38. The molecule has 0 saturated carbocycles. The van der Waals surface area contributed by atoms with Crippen molar-refractivity contribution < 1.29 is 32.9 Å². The zero-order valence-corrected chi connectivity index (χ0v) is 47.4. The standard InChI is InChI=1S/C60H117N2O6P/c1-6-8-10-12-14-16-18-20-22-24-26-28-29-30-31-32-33-34-36-38-40-42-44-46-48-50-52-54-60(64)61-58(57-68-69(65,66)67-56-55-62(3,4)5)59(63)53-51-49-47-45-43-41-39-37-35-27-25-23-21-19-17-15-13-11-9-7-2/h35,37,43,45,51,53,58-59,63H,6-34,36,38-42,44,46-50,52,54-57H2,1-5H3,(H-,61,64,65,66)/b37-35+,45-43+,53-51+. The number of nitrogens with one attached hydrogen (secondary N) is 1. The van der Waals surface area contributed by atoms with Crippen LogP contribution in [0.25, 0.3) is 0 Å². The monoisotopic (exact) mass is 993 g/mol. The number of nitrogens with zero attached hydrogens (tertiary/aromatic N) is 1. The van der Waals surface area contributed by atoms with Gasteiger partial charge in [0, 0.05) is 6.42 Å². The Hall–Kier alpha value is -1.28. The second-order valence-electron chi connectivity index (χ2n) is 21.7. The van der Waals surface area contributed by atoms with Crippen LogP contribution in [0.15, 0.2) is 36.5 Å². The van der Waals surface area contributed by atoms with E-state index in [1.807, 2.05) is 27.2 Å². The Morgan fingerprint density at radius 2 is 0.812 bits per heavy atom. The zero-order valence-electron chi connectivity index (χ0n) is 46.5. The van der Waals surface area contributed by atoms with E-state index in [1.165, 1.54) is 225 Å². The van der Waals surface area contributed by atoms with Gasteiger partial charge in [0.1, 0.15) is 13.2 Å². The molecule has 2 N–H and O–H groups in total. The summed E-state index contributed by atoms with van der Waals surface area (Å²) < 4.78 is 23.3. The van der Waals surface area contributed by atoms with Crippen molar-refractivity contribution >= 4 is 13.7 Å². The molecule has 0 aliphatic heterocycles. The summed E-state index contributed by atoms with van der Waals surface area (Å²) in [6.07, 6.45) is 66.6. The predicted molar refractivity (Wildman–Crippen MR) is 298 cm³/mol. The number of unbranched alkanes of at least 4 members (excludes halogenated alkanes) is 38. The van der Waals surface area contributed by atoms with Gasteiger partial charge in [0.25, 0.3) is 7.82 Å². The maximum Gasteiger partial charge on any atom is 0.268 e. The lowest BCUT2D eigenvalue weighted by Gasteiger charge is -2.29. The van der Waals surface area contributed by atoms with E-state index in [-0.39, 0.29) is 12.5 Å². The van der Waals surface area contributed by atoms with E-state index in [9.17, 15) is 19.4 Å². The number of phosphoric ester groups is 1. The number of aliphatic hydroxyl groups is 1. The maximum atomic E-state index is 13.0. The summed E-state index contributed by atoms with van der Waals surface area (Å²) in [6.45, 7) is 4.66. The van der Waals surface area contributed by atoms with Crippen LogP contribution in [0.5, 0.6) is 0 Å². The second-order valence-corrected chi connectivity index (χ2v) is 23.1. The molecule has 0 fully saturated rings. The van der Waals surface area contributed by atoms with Gasteiger partial charge in [0.05, 0.1) is 39.9 Å². The molecule has 9 heteroatoms. The first-order valence-corrected chi connectivity index (χ1v) is 31.3. The number of amides is 1. The smallest absolute Gasteiger partial charge is 0.268 e. The van der Waals surface area contributed by atoms with Gasteiger partial charge in [-0.3, -0.25) is 9.36 Å². The normalized spacial score (nSPS) is 14.1. The number of rotatable bonds is 55. The first-order valence-electron chi connectivity index (χ1n) is 29.9. The minimum atomic E-state index is -4.61. The van der Waals surface area contributed by atoms with Gasteiger partial charge in [-0.05, 0) is 44.9 Å².